The van der Waals surface area contributed by atoms with Crippen molar-refractivity contribution < 1.29 is 62.6 Å². The molecule has 90 heavy (non-hydrogen) atoms. The molecule has 0 bridgehead atoms. The first-order valence-corrected chi connectivity index (χ1v) is 29.1. The summed E-state index contributed by atoms with van der Waals surface area (Å²) >= 11 is 0. The van der Waals surface area contributed by atoms with Crippen LogP contribution in [0.2, 0.25) is 0 Å². The summed E-state index contributed by atoms with van der Waals surface area (Å²) in [6.07, 6.45) is 9.97. The van der Waals surface area contributed by atoms with Crippen LogP contribution in [0.4, 0.5) is 0 Å². The van der Waals surface area contributed by atoms with E-state index in [-0.39, 0.29) is 48.2 Å². The molecule has 1 aromatic rings. The summed E-state index contributed by atoms with van der Waals surface area (Å²) in [4.78, 5) is 112. The highest BCUT2D eigenvalue weighted by molar-refractivity contribution is 5.91. The van der Waals surface area contributed by atoms with Crippen molar-refractivity contribution in [3.63, 3.8) is 0 Å². The number of likely N-dealkylation sites (N-methyl/N-ethyl adjacent to an activating group) is 1. The van der Waals surface area contributed by atoms with E-state index in [1.165, 1.54) is 85.4 Å². The summed E-state index contributed by atoms with van der Waals surface area (Å²) < 4.78 is 0. The van der Waals surface area contributed by atoms with Gasteiger partial charge in [-0.2, -0.15) is 0 Å². The van der Waals surface area contributed by atoms with Crippen LogP contribution < -0.4 is 58.2 Å². The third kappa shape index (κ3) is 233. The van der Waals surface area contributed by atoms with Crippen molar-refractivity contribution in [1.29, 1.82) is 0 Å². The zero-order valence-corrected chi connectivity index (χ0v) is 64.0. The molecule has 558 valence electrons. The number of carbonyl (C=O) groups excluding carboxylic acids is 12. The largest absolute Gasteiger partial charge is 0.394 e. The first-order chi connectivity index (χ1) is 41.5. The summed E-state index contributed by atoms with van der Waals surface area (Å²) in [7, 11) is 10.6. The monoisotopic (exact) mass is 1320 g/mol. The Morgan fingerprint density at radius 2 is 0.678 bits per heavy atom. The third-order valence-corrected chi connectivity index (χ3v) is 8.88. The number of rotatable bonds is 11. The molecule has 0 radical (unpaired) electrons. The maximum Gasteiger partial charge on any atom is 0.244 e. The van der Waals surface area contributed by atoms with Crippen molar-refractivity contribution >= 4 is 78.8 Å². The maximum absolute atomic E-state index is 12.5. The summed E-state index contributed by atoms with van der Waals surface area (Å²) in [6.45, 7) is 62.9. The van der Waals surface area contributed by atoms with Crippen LogP contribution in [-0.2, 0) is 64.0 Å². The van der Waals surface area contributed by atoms with Crippen molar-refractivity contribution in [2.45, 2.75) is 221 Å². The Balaban J connectivity index is -0.0000000254. The lowest BCUT2D eigenvalue weighted by atomic mass is 10.0. The Hall–Kier alpha value is -5.74. The number of benzene rings is 1. The van der Waals surface area contributed by atoms with Gasteiger partial charge in [0.1, 0.15) is 73.2 Å². The molecule has 0 spiro atoms. The van der Waals surface area contributed by atoms with Crippen LogP contribution >= 0.6 is 0 Å². The van der Waals surface area contributed by atoms with Crippen molar-refractivity contribution in [2.24, 2.45) is 64.0 Å². The van der Waals surface area contributed by atoms with Crippen LogP contribution in [0.1, 0.15) is 202 Å². The Kier molecular flexibility index (Phi) is 355. The second-order valence-corrected chi connectivity index (χ2v) is 17.0. The van der Waals surface area contributed by atoms with E-state index in [4.69, 9.17) is 48.3 Å². The van der Waals surface area contributed by atoms with Gasteiger partial charge in [-0.3, -0.25) is 14.4 Å². The highest BCUT2D eigenvalue weighted by Crippen LogP contribution is 2.13. The van der Waals surface area contributed by atoms with E-state index >= 15 is 0 Å². The fourth-order valence-corrected chi connectivity index (χ4v) is 3.58. The van der Waals surface area contributed by atoms with E-state index in [2.05, 4.69) is 154 Å². The molecular formula is C65H160N12O13. The fraction of sp³-hybridized carbons (Fsp3) is 0.723. The van der Waals surface area contributed by atoms with Crippen molar-refractivity contribution in [2.75, 3.05) is 62.4 Å². The predicted octanol–water partition coefficient (Wildman–Crippen LogP) is 9.54. The molecule has 1 aromatic carbocycles. The number of nitrogens with two attached hydrogens (primary N) is 6. The van der Waals surface area contributed by atoms with Crippen LogP contribution in [0, 0.1) is 29.6 Å². The average molecular weight is 1320 g/mol. The van der Waals surface area contributed by atoms with Crippen LogP contribution in [0.15, 0.2) is 30.3 Å². The summed E-state index contributed by atoms with van der Waals surface area (Å²) in [5.74, 6) is 3.37. The quantitative estimate of drug-likeness (QED) is 0.0981. The summed E-state index contributed by atoms with van der Waals surface area (Å²) in [6, 6.07) is 9.36. The lowest BCUT2D eigenvalue weighted by Gasteiger charge is -2.32. The number of hydrogen-bond donors (Lipinski definition) is 11. The molecule has 23 N–H and O–H groups in total. The number of piperidine rings is 1. The molecule has 3 amide bonds. The van der Waals surface area contributed by atoms with Gasteiger partial charge in [0.15, 0.2) is 0 Å². The second-order valence-electron chi connectivity index (χ2n) is 17.0. The molecule has 2 rings (SSSR count). The molecule has 0 aliphatic carbocycles. The summed E-state index contributed by atoms with van der Waals surface area (Å²) in [5.41, 5.74) is 28.4. The lowest BCUT2D eigenvalue weighted by molar-refractivity contribution is -0.141. The Morgan fingerprint density at radius 3 is 0.833 bits per heavy atom. The van der Waals surface area contributed by atoms with Crippen LogP contribution in [0.3, 0.4) is 0 Å². The van der Waals surface area contributed by atoms with Gasteiger partial charge in [0.05, 0.1) is 0 Å². The number of carbonyl (C=O) groups is 12. The number of likely N-dealkylation sites (tertiary alicyclic amines) is 1. The van der Waals surface area contributed by atoms with Crippen LogP contribution in [-0.4, -0.2) is 174 Å². The van der Waals surface area contributed by atoms with Gasteiger partial charge in [-0.25, -0.2) is 0 Å². The number of amides is 3. The van der Waals surface area contributed by atoms with E-state index in [9.17, 15) is 14.4 Å². The minimum absolute atomic E-state index is 0. The standard InChI is InChI=1S/C17H31N3O3.C8H10.4C5H12.C3H8O.C2H6.6CH5N.9CH2O.3H3N/c1-12(2)11-15(19(5)14(4)21)16(22)18-13(3)17(23)20-9-7-6-8-10-20;1-2-8-6-4-3-5-7-8;4*1-4-5(2)3;1-3(2)4;16*1-2;;;/h12-13,15H,6-11H2,1-5H3,(H,18,22);3-7H,2H2,1H3;4*5H,4H2,1-3H3;3-4H,1-2H3;1-2H3;6*2H2,1H3;9*1H2;3*1H3/t13-,15-;;;;;;;;;;;;;;;;;;;;;;;;;/m0........................./s1. The molecular weight excluding hydrogens is 1160 g/mol. The molecule has 0 saturated carbocycles. The number of nitrogens with one attached hydrogen (secondary N) is 1. The molecule has 1 aliphatic heterocycles. The minimum Gasteiger partial charge on any atom is -0.394 e. The predicted molar refractivity (Wildman–Crippen MR) is 395 cm³/mol. The maximum atomic E-state index is 12.5. The van der Waals surface area contributed by atoms with Crippen molar-refractivity contribution in [1.82, 2.24) is 33.6 Å². The molecule has 0 aromatic heterocycles. The van der Waals surface area contributed by atoms with Crippen molar-refractivity contribution in [3.05, 3.63) is 35.9 Å². The number of aliphatic hydroxyl groups is 1. The minimum atomic E-state index is -0.560. The first kappa shape index (κ1) is 161. The highest BCUT2D eigenvalue weighted by atomic mass is 16.3. The number of aliphatic hydroxyl groups excluding tert-OH is 1. The van der Waals surface area contributed by atoms with Gasteiger partial charge in [-0.05, 0) is 130 Å². The summed E-state index contributed by atoms with van der Waals surface area (Å²) in [5, 5.41) is 10.8. The molecule has 25 heteroatoms. The van der Waals surface area contributed by atoms with Gasteiger partial charge < -0.3 is 116 Å². The second kappa shape index (κ2) is 199. The third-order valence-electron chi connectivity index (χ3n) is 8.88. The Morgan fingerprint density at radius 1 is 0.467 bits per heavy atom. The smallest absolute Gasteiger partial charge is 0.244 e. The SMILES string of the molecule is C=O.C=O.C=O.C=O.C=O.C=O.C=O.C=O.C=O.CC.CC(=O)N(C)[C@@H](CC(C)C)C(=O)N[C@@H](C)C(=O)N1CCCCC1.CC(C)O.CCC(C)C.CCC(C)C.CCC(C)C.CCC(C)C.CCc1ccccc1.CN.CN.CN.CN.CN.CN.N.N.N. The van der Waals surface area contributed by atoms with Gasteiger partial charge in [0.25, 0.3) is 0 Å². The van der Waals surface area contributed by atoms with Gasteiger partial charge in [-0.1, -0.05) is 174 Å². The Labute approximate surface area is 556 Å². The molecule has 25 nitrogen and oxygen atoms in total. The molecule has 1 fully saturated rings. The molecule has 2 atom stereocenters. The highest BCUT2D eigenvalue weighted by Gasteiger charge is 2.30. The van der Waals surface area contributed by atoms with E-state index in [0.29, 0.717) is 6.42 Å². The zero-order chi connectivity index (χ0) is 76.1. The van der Waals surface area contributed by atoms with Crippen LogP contribution in [0.25, 0.3) is 0 Å². The number of hydrogen-bond acceptors (Lipinski definition) is 22. The topological polar surface area (TPSA) is 505 Å². The molecule has 1 saturated heterocycles. The lowest BCUT2D eigenvalue weighted by Crippen LogP contribution is -2.54. The van der Waals surface area contributed by atoms with E-state index in [0.717, 1.165) is 62.4 Å². The van der Waals surface area contributed by atoms with E-state index < -0.39 is 12.1 Å². The molecule has 1 heterocycles. The van der Waals surface area contributed by atoms with Gasteiger partial charge in [-0.15, -0.1) is 0 Å². The molecule has 0 unspecified atom stereocenters. The molecule has 1 aliphatic rings. The van der Waals surface area contributed by atoms with Crippen molar-refractivity contribution in [3.8, 4) is 0 Å². The van der Waals surface area contributed by atoms with Crippen LogP contribution in [0.5, 0.6) is 0 Å². The average Bonchev–Trinajstić information content (AvgIpc) is 3.60. The van der Waals surface area contributed by atoms with Gasteiger partial charge in [0, 0.05) is 33.2 Å². The van der Waals surface area contributed by atoms with Gasteiger partial charge in [0.2, 0.25) is 17.7 Å². The van der Waals surface area contributed by atoms with E-state index in [1.807, 2.05) is 99.8 Å². The number of aryl methyl sites for hydroxylation is 1. The Bertz CT molecular complexity index is 1110. The zero-order valence-electron chi connectivity index (χ0n) is 64.0. The number of nitrogens with zero attached hydrogens (tertiary/aromatic N) is 2. The van der Waals surface area contributed by atoms with E-state index in [1.54, 1.807) is 27.8 Å². The normalized spacial score (nSPS) is 8.70. The van der Waals surface area contributed by atoms with Gasteiger partial charge >= 0.3 is 0 Å². The fourth-order valence-electron chi connectivity index (χ4n) is 3.58. The first-order valence-electron chi connectivity index (χ1n) is 29.1.